The lowest BCUT2D eigenvalue weighted by Crippen LogP contribution is -2.35. The molecule has 0 radical (unpaired) electrons. The van der Waals surface area contributed by atoms with Crippen molar-refractivity contribution in [3.05, 3.63) is 0 Å². The number of nitrogens with zero attached hydrogens (tertiary/aromatic N) is 2. The summed E-state index contributed by atoms with van der Waals surface area (Å²) in [6.45, 7) is 7.87. The van der Waals surface area contributed by atoms with Crippen molar-refractivity contribution in [3.63, 3.8) is 0 Å². The first-order valence-corrected chi connectivity index (χ1v) is 8.03. The molecule has 0 N–H and O–H groups in total. The van der Waals surface area contributed by atoms with E-state index in [1.54, 1.807) is 0 Å². The molecule has 4 heteroatoms. The van der Waals surface area contributed by atoms with E-state index in [2.05, 4.69) is 31.0 Å². The van der Waals surface area contributed by atoms with Gasteiger partial charge in [-0.15, -0.1) is 5.11 Å². The molecule has 0 heterocycles. The first-order chi connectivity index (χ1) is 9.39. The van der Waals surface area contributed by atoms with Crippen LogP contribution in [0.1, 0.15) is 85.5 Å². The van der Waals surface area contributed by atoms with Gasteiger partial charge in [0.05, 0.1) is 5.54 Å². The van der Waals surface area contributed by atoms with Gasteiger partial charge in [-0.05, 0) is 33.1 Å². The summed E-state index contributed by atoms with van der Waals surface area (Å²) in [4.78, 5) is 11.3. The second-order valence-corrected chi connectivity index (χ2v) is 6.57. The highest BCUT2D eigenvalue weighted by atomic mass is 16.6. The van der Waals surface area contributed by atoms with Crippen molar-refractivity contribution in [3.8, 4) is 0 Å². The van der Waals surface area contributed by atoms with Crippen LogP contribution in [0.4, 0.5) is 0 Å². The van der Waals surface area contributed by atoms with Crippen molar-refractivity contribution in [1.29, 1.82) is 0 Å². The summed E-state index contributed by atoms with van der Waals surface area (Å²) in [5.41, 5.74) is -0.855. The summed E-state index contributed by atoms with van der Waals surface area (Å²) in [5.74, 6) is -0.255. The Morgan fingerprint density at radius 1 is 1.20 bits per heavy atom. The minimum Gasteiger partial charge on any atom is -0.436 e. The minimum absolute atomic E-state index is 0.167. The van der Waals surface area contributed by atoms with E-state index in [0.29, 0.717) is 0 Å². The number of rotatable bonds is 7. The molecule has 1 aliphatic rings. The number of ether oxygens (including phenoxy) is 1. The van der Waals surface area contributed by atoms with Crippen LogP contribution in [0.5, 0.6) is 0 Å². The predicted octanol–water partition coefficient (Wildman–Crippen LogP) is 5.02. The second kappa shape index (κ2) is 7.75. The monoisotopic (exact) mass is 282 g/mol. The third kappa shape index (κ3) is 6.02. The van der Waals surface area contributed by atoms with Crippen molar-refractivity contribution in [2.75, 3.05) is 0 Å². The van der Waals surface area contributed by atoms with Crippen LogP contribution in [-0.2, 0) is 9.53 Å². The number of carbonyl (C=O) groups excluding carboxylic acids is 1. The second-order valence-electron chi connectivity index (χ2n) is 6.57. The Hall–Kier alpha value is -0.930. The number of carbonyl (C=O) groups is 1. The van der Waals surface area contributed by atoms with E-state index in [1.807, 2.05) is 0 Å². The average Bonchev–Trinajstić information content (AvgIpc) is 2.37. The number of esters is 1. The SMILES string of the molecule is CCCCCC(C)(C)N=NC1(OC(C)=O)CCCCC1. The van der Waals surface area contributed by atoms with Crippen LogP contribution >= 0.6 is 0 Å². The summed E-state index contributed by atoms with van der Waals surface area (Å²) in [5, 5.41) is 9.01. The van der Waals surface area contributed by atoms with Crippen molar-refractivity contribution < 1.29 is 9.53 Å². The van der Waals surface area contributed by atoms with Gasteiger partial charge in [-0.1, -0.05) is 32.6 Å². The molecule has 0 amide bonds. The summed E-state index contributed by atoms with van der Waals surface area (Å²) < 4.78 is 5.50. The molecule has 4 nitrogen and oxygen atoms in total. The minimum atomic E-state index is -0.688. The zero-order valence-corrected chi connectivity index (χ0v) is 13.6. The van der Waals surface area contributed by atoms with Crippen molar-refractivity contribution in [1.82, 2.24) is 0 Å². The molecule has 1 fully saturated rings. The molecule has 0 saturated heterocycles. The van der Waals surface area contributed by atoms with E-state index < -0.39 is 5.72 Å². The van der Waals surface area contributed by atoms with Crippen LogP contribution in [0.15, 0.2) is 10.2 Å². The molecular formula is C16H30N2O2. The Morgan fingerprint density at radius 2 is 1.85 bits per heavy atom. The third-order valence-electron chi connectivity index (χ3n) is 3.86. The Morgan fingerprint density at radius 3 is 2.40 bits per heavy atom. The predicted molar refractivity (Wildman–Crippen MR) is 80.7 cm³/mol. The van der Waals surface area contributed by atoms with Crippen LogP contribution in [0, 0.1) is 0 Å². The Bertz CT molecular complexity index is 331. The van der Waals surface area contributed by atoms with Gasteiger partial charge in [0.15, 0.2) is 0 Å². The molecular weight excluding hydrogens is 252 g/mol. The van der Waals surface area contributed by atoms with Crippen LogP contribution in [0.2, 0.25) is 0 Å². The normalized spacial score (nSPS) is 19.2. The summed E-state index contributed by atoms with van der Waals surface area (Å²) in [7, 11) is 0. The van der Waals surface area contributed by atoms with E-state index in [9.17, 15) is 4.79 Å². The molecule has 116 valence electrons. The summed E-state index contributed by atoms with van der Waals surface area (Å²) in [6, 6.07) is 0. The molecule has 0 aromatic heterocycles. The topological polar surface area (TPSA) is 51.0 Å². The lowest BCUT2D eigenvalue weighted by molar-refractivity contribution is -0.160. The zero-order valence-electron chi connectivity index (χ0n) is 13.6. The molecule has 0 spiro atoms. The maximum atomic E-state index is 11.3. The average molecular weight is 282 g/mol. The van der Waals surface area contributed by atoms with Crippen LogP contribution < -0.4 is 0 Å². The lowest BCUT2D eigenvalue weighted by atomic mass is 9.92. The molecule has 0 aromatic carbocycles. The summed E-state index contributed by atoms with van der Waals surface area (Å²) >= 11 is 0. The quantitative estimate of drug-likeness (QED) is 0.374. The van der Waals surface area contributed by atoms with E-state index in [-0.39, 0.29) is 11.5 Å². The van der Waals surface area contributed by atoms with Gasteiger partial charge in [0.25, 0.3) is 0 Å². The maximum absolute atomic E-state index is 11.3. The highest BCUT2D eigenvalue weighted by Gasteiger charge is 2.36. The molecule has 0 bridgehead atoms. The molecule has 20 heavy (non-hydrogen) atoms. The fourth-order valence-electron chi connectivity index (χ4n) is 2.68. The third-order valence-corrected chi connectivity index (χ3v) is 3.86. The van der Waals surface area contributed by atoms with Crippen molar-refractivity contribution in [2.45, 2.75) is 96.7 Å². The fraction of sp³-hybridized carbons (Fsp3) is 0.938. The molecule has 1 aliphatic carbocycles. The van der Waals surface area contributed by atoms with Gasteiger partial charge in [-0.25, -0.2) is 0 Å². The Labute approximate surface area is 123 Å². The van der Waals surface area contributed by atoms with Gasteiger partial charge < -0.3 is 4.74 Å². The first kappa shape index (κ1) is 17.1. The van der Waals surface area contributed by atoms with Crippen molar-refractivity contribution in [2.24, 2.45) is 10.2 Å². The Balaban J connectivity index is 2.67. The largest absolute Gasteiger partial charge is 0.436 e. The first-order valence-electron chi connectivity index (χ1n) is 8.03. The van der Waals surface area contributed by atoms with Gasteiger partial charge >= 0.3 is 5.97 Å². The standard InChI is InChI=1S/C16H30N2O2/c1-5-6-8-11-15(3,4)17-18-16(20-14(2)19)12-9-7-10-13-16/h5-13H2,1-4H3. The zero-order chi connectivity index (χ0) is 15.1. The van der Waals surface area contributed by atoms with Crippen LogP contribution in [0.3, 0.4) is 0 Å². The lowest BCUT2D eigenvalue weighted by Gasteiger charge is -2.32. The maximum Gasteiger partial charge on any atom is 0.304 e. The molecule has 1 saturated carbocycles. The Kier molecular flexibility index (Phi) is 6.63. The number of unbranched alkanes of at least 4 members (excludes halogenated alkanes) is 2. The molecule has 0 unspecified atom stereocenters. The van der Waals surface area contributed by atoms with Gasteiger partial charge in [0, 0.05) is 19.8 Å². The van der Waals surface area contributed by atoms with Gasteiger partial charge in [-0.3, -0.25) is 4.79 Å². The van der Waals surface area contributed by atoms with Crippen molar-refractivity contribution >= 4 is 5.97 Å². The van der Waals surface area contributed by atoms with Crippen LogP contribution in [-0.4, -0.2) is 17.2 Å². The fourth-order valence-corrected chi connectivity index (χ4v) is 2.68. The van der Waals surface area contributed by atoms with E-state index >= 15 is 0 Å². The van der Waals surface area contributed by atoms with Crippen LogP contribution in [0.25, 0.3) is 0 Å². The van der Waals surface area contributed by atoms with E-state index in [1.165, 1.54) is 32.6 Å². The van der Waals surface area contributed by atoms with E-state index in [4.69, 9.17) is 4.74 Å². The highest BCUT2D eigenvalue weighted by Crippen LogP contribution is 2.34. The molecule has 0 atom stereocenters. The number of hydrogen-bond acceptors (Lipinski definition) is 4. The number of azo groups is 1. The molecule has 0 aromatic rings. The summed E-state index contributed by atoms with van der Waals surface area (Å²) in [6.07, 6.45) is 9.56. The molecule has 0 aliphatic heterocycles. The van der Waals surface area contributed by atoms with Gasteiger partial charge in [-0.2, -0.15) is 5.11 Å². The highest BCUT2D eigenvalue weighted by molar-refractivity contribution is 5.66. The molecule has 1 rings (SSSR count). The van der Waals surface area contributed by atoms with Gasteiger partial charge in [0.2, 0.25) is 5.72 Å². The smallest absolute Gasteiger partial charge is 0.304 e. The number of hydrogen-bond donors (Lipinski definition) is 0. The van der Waals surface area contributed by atoms with E-state index in [0.717, 1.165) is 32.1 Å². The van der Waals surface area contributed by atoms with Gasteiger partial charge in [0.1, 0.15) is 0 Å².